The quantitative estimate of drug-likeness (QED) is 0.675. The first kappa shape index (κ1) is 14.6. The van der Waals surface area contributed by atoms with Crippen LogP contribution in [-0.2, 0) is 4.79 Å². The summed E-state index contributed by atoms with van der Waals surface area (Å²) in [6.07, 6.45) is 10.2. The molecule has 0 radical (unpaired) electrons. The number of furan rings is 1. The average molecular weight is 323 g/mol. The van der Waals surface area contributed by atoms with Crippen molar-refractivity contribution in [2.75, 3.05) is 4.90 Å². The van der Waals surface area contributed by atoms with Gasteiger partial charge >= 0.3 is 0 Å². The summed E-state index contributed by atoms with van der Waals surface area (Å²) in [6.45, 7) is 0. The highest BCUT2D eigenvalue weighted by atomic mass is 16.3. The molecule has 3 aromatic heterocycles. The summed E-state index contributed by atoms with van der Waals surface area (Å²) in [6, 6.07) is 7.38. The van der Waals surface area contributed by atoms with Crippen molar-refractivity contribution < 1.29 is 9.21 Å². The molecule has 0 saturated heterocycles. The number of hydrogen-bond acceptors (Lipinski definition) is 5. The molecule has 0 atom stereocenters. The molecule has 1 aliphatic rings. The Morgan fingerprint density at radius 1 is 1.25 bits per heavy atom. The Labute approximate surface area is 138 Å². The van der Waals surface area contributed by atoms with Crippen molar-refractivity contribution in [2.24, 2.45) is 0 Å². The first-order valence-electron chi connectivity index (χ1n) is 8.02. The maximum Gasteiger partial charge on any atom is 0.215 e. The number of anilines is 1. The fraction of sp³-hybridized carbons (Fsp3) is 0.294. The van der Waals surface area contributed by atoms with Crippen molar-refractivity contribution in [1.82, 2.24) is 19.7 Å². The second kappa shape index (κ2) is 6.27. The van der Waals surface area contributed by atoms with Gasteiger partial charge in [0.25, 0.3) is 0 Å². The molecule has 0 bridgehead atoms. The van der Waals surface area contributed by atoms with Crippen LogP contribution < -0.4 is 4.90 Å². The van der Waals surface area contributed by atoms with Gasteiger partial charge in [0, 0.05) is 24.5 Å². The van der Waals surface area contributed by atoms with E-state index in [0.29, 0.717) is 23.2 Å². The van der Waals surface area contributed by atoms with E-state index in [2.05, 4.69) is 15.1 Å². The van der Waals surface area contributed by atoms with Crippen molar-refractivity contribution >= 4 is 12.2 Å². The molecule has 0 aliphatic heterocycles. The first-order chi connectivity index (χ1) is 11.8. The van der Waals surface area contributed by atoms with Crippen LogP contribution in [0.2, 0.25) is 0 Å². The summed E-state index contributed by atoms with van der Waals surface area (Å²) in [4.78, 5) is 22.5. The molecule has 1 fully saturated rings. The molecule has 1 aliphatic carbocycles. The molecule has 7 nitrogen and oxygen atoms in total. The largest absolute Gasteiger partial charge is 0.461 e. The first-order valence-corrected chi connectivity index (χ1v) is 8.02. The van der Waals surface area contributed by atoms with Crippen molar-refractivity contribution in [3.05, 3.63) is 42.9 Å². The summed E-state index contributed by atoms with van der Waals surface area (Å²) in [5.74, 6) is 2.17. The lowest BCUT2D eigenvalue weighted by atomic mass is 10.2. The van der Waals surface area contributed by atoms with Gasteiger partial charge in [-0.25, -0.2) is 14.6 Å². The minimum atomic E-state index is 0.187. The summed E-state index contributed by atoms with van der Waals surface area (Å²) in [5.41, 5.74) is 0. The Bertz CT molecular complexity index is 755. The van der Waals surface area contributed by atoms with E-state index in [-0.39, 0.29) is 6.04 Å². The maximum atomic E-state index is 11.7. The zero-order valence-electron chi connectivity index (χ0n) is 13.1. The molecular formula is C17H17N5O2. The number of carbonyl (C=O) groups is 1. The maximum absolute atomic E-state index is 11.7. The molecule has 3 aromatic rings. The lowest BCUT2D eigenvalue weighted by molar-refractivity contribution is -0.107. The summed E-state index contributed by atoms with van der Waals surface area (Å²) in [5, 5.41) is 4.22. The van der Waals surface area contributed by atoms with Gasteiger partial charge in [0.15, 0.2) is 17.4 Å². The highest BCUT2D eigenvalue weighted by Crippen LogP contribution is 2.28. The van der Waals surface area contributed by atoms with E-state index in [9.17, 15) is 4.79 Å². The second-order valence-corrected chi connectivity index (χ2v) is 5.79. The van der Waals surface area contributed by atoms with E-state index >= 15 is 0 Å². The predicted molar refractivity (Wildman–Crippen MR) is 87.7 cm³/mol. The van der Waals surface area contributed by atoms with Crippen molar-refractivity contribution in [3.63, 3.8) is 0 Å². The standard InChI is InChI=1S/C17H17N5O2/c23-12-21(13-5-1-2-6-13)15-11-16(22-9-4-8-18-22)20-17(19-15)14-7-3-10-24-14/h3-4,7-13H,1-2,5-6H2. The Hall–Kier alpha value is -2.96. The number of carbonyl (C=O) groups excluding carboxylic acids is 1. The molecule has 122 valence electrons. The van der Waals surface area contributed by atoms with Gasteiger partial charge in [-0.05, 0) is 31.0 Å². The van der Waals surface area contributed by atoms with E-state index in [1.54, 1.807) is 46.4 Å². The van der Waals surface area contributed by atoms with Crippen LogP contribution in [0.15, 0.2) is 47.3 Å². The number of nitrogens with zero attached hydrogens (tertiary/aromatic N) is 5. The summed E-state index contributed by atoms with van der Waals surface area (Å²) >= 11 is 0. The van der Waals surface area contributed by atoms with Crippen LogP contribution >= 0.6 is 0 Å². The van der Waals surface area contributed by atoms with Gasteiger partial charge in [-0.1, -0.05) is 12.8 Å². The van der Waals surface area contributed by atoms with E-state index in [1.165, 1.54) is 0 Å². The van der Waals surface area contributed by atoms with Gasteiger partial charge < -0.3 is 4.42 Å². The molecule has 7 heteroatoms. The second-order valence-electron chi connectivity index (χ2n) is 5.79. The van der Waals surface area contributed by atoms with Gasteiger partial charge in [0.05, 0.1) is 6.26 Å². The topological polar surface area (TPSA) is 77.0 Å². The van der Waals surface area contributed by atoms with Gasteiger partial charge in [-0.2, -0.15) is 5.10 Å². The smallest absolute Gasteiger partial charge is 0.215 e. The molecule has 0 aromatic carbocycles. The van der Waals surface area contributed by atoms with E-state index in [0.717, 1.165) is 32.1 Å². The summed E-state index contributed by atoms with van der Waals surface area (Å²) in [7, 11) is 0. The lowest BCUT2D eigenvalue weighted by Gasteiger charge is -2.24. The van der Waals surface area contributed by atoms with Gasteiger partial charge in [-0.15, -0.1) is 0 Å². The third kappa shape index (κ3) is 2.68. The van der Waals surface area contributed by atoms with Gasteiger partial charge in [0.2, 0.25) is 6.41 Å². The number of rotatable bonds is 5. The number of hydrogen-bond donors (Lipinski definition) is 0. The van der Waals surface area contributed by atoms with Gasteiger partial charge in [-0.3, -0.25) is 9.69 Å². The van der Waals surface area contributed by atoms with Crippen molar-refractivity contribution in [2.45, 2.75) is 31.7 Å². The molecule has 0 N–H and O–H groups in total. The zero-order chi connectivity index (χ0) is 16.4. The fourth-order valence-corrected chi connectivity index (χ4v) is 3.10. The Morgan fingerprint density at radius 2 is 2.12 bits per heavy atom. The lowest BCUT2D eigenvalue weighted by Crippen LogP contribution is -2.32. The SMILES string of the molecule is O=CN(c1cc(-n2cccn2)nc(-c2ccco2)n1)C1CCCC1. The average Bonchev–Trinajstić information content (AvgIpc) is 3.36. The minimum absolute atomic E-state index is 0.187. The van der Waals surface area contributed by atoms with Crippen LogP contribution in [0.5, 0.6) is 0 Å². The van der Waals surface area contributed by atoms with Crippen LogP contribution in [0.25, 0.3) is 17.4 Å². The van der Waals surface area contributed by atoms with Crippen LogP contribution in [0.4, 0.5) is 5.82 Å². The Kier molecular flexibility index (Phi) is 3.82. The molecule has 1 saturated carbocycles. The third-order valence-electron chi connectivity index (χ3n) is 4.28. The highest BCUT2D eigenvalue weighted by Gasteiger charge is 2.25. The number of amides is 1. The molecule has 0 spiro atoms. The molecule has 24 heavy (non-hydrogen) atoms. The fourth-order valence-electron chi connectivity index (χ4n) is 3.10. The molecule has 0 unspecified atom stereocenters. The highest BCUT2D eigenvalue weighted by molar-refractivity contribution is 5.75. The van der Waals surface area contributed by atoms with Gasteiger partial charge in [0.1, 0.15) is 5.82 Å². The molecule has 1 amide bonds. The molecule has 3 heterocycles. The zero-order valence-corrected chi connectivity index (χ0v) is 13.1. The van der Waals surface area contributed by atoms with E-state index < -0.39 is 0 Å². The van der Waals surface area contributed by atoms with Crippen LogP contribution in [0.1, 0.15) is 25.7 Å². The Balaban J connectivity index is 1.81. The monoisotopic (exact) mass is 323 g/mol. The van der Waals surface area contributed by atoms with Crippen LogP contribution in [-0.4, -0.2) is 32.2 Å². The normalized spacial score (nSPS) is 14.8. The van der Waals surface area contributed by atoms with Crippen LogP contribution in [0, 0.1) is 0 Å². The molecular weight excluding hydrogens is 306 g/mol. The van der Waals surface area contributed by atoms with Crippen LogP contribution in [0.3, 0.4) is 0 Å². The number of aromatic nitrogens is 4. The van der Waals surface area contributed by atoms with E-state index in [1.807, 2.05) is 6.07 Å². The van der Waals surface area contributed by atoms with Crippen molar-refractivity contribution in [1.29, 1.82) is 0 Å². The van der Waals surface area contributed by atoms with E-state index in [4.69, 9.17) is 4.42 Å². The molecule has 4 rings (SSSR count). The Morgan fingerprint density at radius 3 is 2.79 bits per heavy atom. The predicted octanol–water partition coefficient (Wildman–Crippen LogP) is 2.83. The minimum Gasteiger partial charge on any atom is -0.461 e. The summed E-state index contributed by atoms with van der Waals surface area (Å²) < 4.78 is 7.07. The third-order valence-corrected chi connectivity index (χ3v) is 4.28. The van der Waals surface area contributed by atoms with Crippen molar-refractivity contribution in [3.8, 4) is 17.4 Å².